The number of benzene rings is 1. The predicted molar refractivity (Wildman–Crippen MR) is 59.1 cm³/mol. The minimum absolute atomic E-state index is 0.0573. The Hall–Kier alpha value is -0.320. The Morgan fingerprint density at radius 3 is 2.47 bits per heavy atom. The molecule has 0 aliphatic carbocycles. The normalized spacial score (nSPS) is 15.0. The largest absolute Gasteiger partial charge is 0.392 e. The zero-order chi connectivity index (χ0) is 11.4. The van der Waals surface area contributed by atoms with Gasteiger partial charge in [-0.05, 0) is 23.3 Å². The van der Waals surface area contributed by atoms with Crippen molar-refractivity contribution in [3.8, 4) is 0 Å². The molecule has 1 aromatic carbocycles. The van der Waals surface area contributed by atoms with E-state index in [9.17, 15) is 10.2 Å². The number of hydrogen-bond acceptors (Lipinski definition) is 3. The average molecular weight is 251 g/mol. The van der Waals surface area contributed by atoms with E-state index in [1.54, 1.807) is 18.2 Å². The number of hydrogen-bond donors (Lipinski definition) is 3. The maximum absolute atomic E-state index is 9.64. The summed E-state index contributed by atoms with van der Waals surface area (Å²) in [6.07, 6.45) is -2.09. The Bertz CT molecular complexity index is 330. The number of alkyl halides is 1. The van der Waals surface area contributed by atoms with Gasteiger partial charge >= 0.3 is 0 Å². The minimum Gasteiger partial charge on any atom is -0.392 e. The van der Waals surface area contributed by atoms with Crippen LogP contribution in [-0.4, -0.2) is 27.3 Å². The molecule has 0 spiro atoms. The van der Waals surface area contributed by atoms with Crippen LogP contribution in [0.15, 0.2) is 18.2 Å². The molecule has 0 amide bonds. The second kappa shape index (κ2) is 5.68. The zero-order valence-corrected chi connectivity index (χ0v) is 9.41. The van der Waals surface area contributed by atoms with Gasteiger partial charge in [0.05, 0.1) is 18.6 Å². The van der Waals surface area contributed by atoms with Crippen molar-refractivity contribution in [3.63, 3.8) is 0 Å². The summed E-state index contributed by atoms with van der Waals surface area (Å²) < 4.78 is 0. The third-order valence-corrected chi connectivity index (χ3v) is 2.79. The summed E-state index contributed by atoms with van der Waals surface area (Å²) >= 11 is 11.2. The first-order valence-corrected chi connectivity index (χ1v) is 5.32. The molecule has 2 unspecified atom stereocenters. The molecule has 0 aliphatic rings. The summed E-state index contributed by atoms with van der Waals surface area (Å²) in [5.74, 6) is -0.0573. The molecule has 2 atom stereocenters. The van der Waals surface area contributed by atoms with Crippen molar-refractivity contribution < 1.29 is 15.3 Å². The van der Waals surface area contributed by atoms with Crippen molar-refractivity contribution in [2.24, 2.45) is 0 Å². The van der Waals surface area contributed by atoms with Gasteiger partial charge in [-0.1, -0.05) is 17.7 Å². The molecule has 0 heterocycles. The van der Waals surface area contributed by atoms with Gasteiger partial charge in [0.1, 0.15) is 6.10 Å². The van der Waals surface area contributed by atoms with Crippen LogP contribution in [0.2, 0.25) is 5.02 Å². The summed E-state index contributed by atoms with van der Waals surface area (Å²) in [6.45, 7) is -0.212. The molecule has 15 heavy (non-hydrogen) atoms. The summed E-state index contributed by atoms with van der Waals surface area (Å²) in [7, 11) is 0. The Morgan fingerprint density at radius 2 is 1.93 bits per heavy atom. The summed E-state index contributed by atoms with van der Waals surface area (Å²) in [6, 6.07) is 4.69. The van der Waals surface area contributed by atoms with Crippen LogP contribution < -0.4 is 0 Å². The van der Waals surface area contributed by atoms with E-state index in [0.29, 0.717) is 16.1 Å². The lowest BCUT2D eigenvalue weighted by Gasteiger charge is -2.16. The van der Waals surface area contributed by atoms with Crippen LogP contribution >= 0.6 is 23.2 Å². The van der Waals surface area contributed by atoms with Gasteiger partial charge in [0, 0.05) is 5.02 Å². The van der Waals surface area contributed by atoms with Gasteiger partial charge in [-0.2, -0.15) is 0 Å². The summed E-state index contributed by atoms with van der Waals surface area (Å²) in [4.78, 5) is 0. The van der Waals surface area contributed by atoms with Gasteiger partial charge < -0.3 is 15.3 Å². The van der Waals surface area contributed by atoms with Gasteiger partial charge in [0.15, 0.2) is 0 Å². The highest BCUT2D eigenvalue weighted by atomic mass is 35.5. The highest BCUT2D eigenvalue weighted by Crippen LogP contribution is 2.23. The SMILES string of the molecule is OCc1cc(C(O)C(O)CCl)ccc1Cl. The van der Waals surface area contributed by atoms with Gasteiger partial charge in [-0.25, -0.2) is 0 Å². The number of rotatable bonds is 4. The van der Waals surface area contributed by atoms with Crippen LogP contribution in [-0.2, 0) is 6.61 Å². The van der Waals surface area contributed by atoms with Gasteiger partial charge in [0.2, 0.25) is 0 Å². The monoisotopic (exact) mass is 250 g/mol. The van der Waals surface area contributed by atoms with Crippen molar-refractivity contribution in [2.75, 3.05) is 5.88 Å². The van der Waals surface area contributed by atoms with Gasteiger partial charge in [-0.3, -0.25) is 0 Å². The fourth-order valence-electron chi connectivity index (χ4n) is 1.21. The molecule has 0 bridgehead atoms. The summed E-state index contributed by atoms with van der Waals surface area (Å²) in [5, 5.41) is 28.4. The number of aliphatic hydroxyl groups is 3. The Morgan fingerprint density at radius 1 is 1.27 bits per heavy atom. The minimum atomic E-state index is -1.06. The van der Waals surface area contributed by atoms with Gasteiger partial charge in [0.25, 0.3) is 0 Å². The molecule has 84 valence electrons. The van der Waals surface area contributed by atoms with E-state index in [2.05, 4.69) is 0 Å². The second-order valence-corrected chi connectivity index (χ2v) is 3.89. The van der Waals surface area contributed by atoms with E-state index >= 15 is 0 Å². The topological polar surface area (TPSA) is 60.7 Å². The molecule has 0 aromatic heterocycles. The molecule has 3 nitrogen and oxygen atoms in total. The highest BCUT2D eigenvalue weighted by molar-refractivity contribution is 6.31. The Labute approximate surface area is 97.9 Å². The lowest BCUT2D eigenvalue weighted by Crippen LogP contribution is -2.19. The van der Waals surface area contributed by atoms with Crippen molar-refractivity contribution in [3.05, 3.63) is 34.3 Å². The van der Waals surface area contributed by atoms with E-state index in [1.807, 2.05) is 0 Å². The molecular weight excluding hydrogens is 239 g/mol. The van der Waals surface area contributed by atoms with Crippen LogP contribution in [0.5, 0.6) is 0 Å². The van der Waals surface area contributed by atoms with Crippen LogP contribution in [0.25, 0.3) is 0 Å². The Balaban J connectivity index is 2.95. The maximum Gasteiger partial charge on any atom is 0.106 e. The van der Waals surface area contributed by atoms with Crippen LogP contribution in [0.1, 0.15) is 17.2 Å². The van der Waals surface area contributed by atoms with Crippen molar-refractivity contribution in [1.29, 1.82) is 0 Å². The van der Waals surface area contributed by atoms with Gasteiger partial charge in [-0.15, -0.1) is 11.6 Å². The first kappa shape index (κ1) is 12.7. The van der Waals surface area contributed by atoms with E-state index in [4.69, 9.17) is 28.3 Å². The van der Waals surface area contributed by atoms with Crippen LogP contribution in [0, 0.1) is 0 Å². The molecule has 0 fully saturated rings. The first-order valence-electron chi connectivity index (χ1n) is 4.41. The third kappa shape index (κ3) is 3.06. The third-order valence-electron chi connectivity index (χ3n) is 2.10. The first-order chi connectivity index (χ1) is 7.10. The molecule has 0 saturated heterocycles. The fourth-order valence-corrected chi connectivity index (χ4v) is 1.55. The smallest absolute Gasteiger partial charge is 0.106 e. The predicted octanol–water partition coefficient (Wildman–Crippen LogP) is 1.47. The lowest BCUT2D eigenvalue weighted by atomic mass is 10.0. The highest BCUT2D eigenvalue weighted by Gasteiger charge is 2.17. The lowest BCUT2D eigenvalue weighted by molar-refractivity contribution is 0.0326. The second-order valence-electron chi connectivity index (χ2n) is 3.18. The molecule has 1 rings (SSSR count). The van der Waals surface area contributed by atoms with E-state index in [1.165, 1.54) is 0 Å². The quantitative estimate of drug-likeness (QED) is 0.710. The van der Waals surface area contributed by atoms with Crippen molar-refractivity contribution in [2.45, 2.75) is 18.8 Å². The summed E-state index contributed by atoms with van der Waals surface area (Å²) in [5.41, 5.74) is 0.992. The van der Waals surface area contributed by atoms with Crippen LogP contribution in [0.4, 0.5) is 0 Å². The molecule has 5 heteroatoms. The molecular formula is C10H12Cl2O3. The van der Waals surface area contributed by atoms with E-state index in [0.717, 1.165) is 0 Å². The van der Waals surface area contributed by atoms with E-state index < -0.39 is 12.2 Å². The molecule has 0 aliphatic heterocycles. The fraction of sp³-hybridized carbons (Fsp3) is 0.400. The number of aliphatic hydroxyl groups excluding tert-OH is 3. The number of halogens is 2. The molecule has 1 aromatic rings. The Kier molecular flexibility index (Phi) is 4.83. The van der Waals surface area contributed by atoms with Crippen molar-refractivity contribution in [1.82, 2.24) is 0 Å². The van der Waals surface area contributed by atoms with Crippen LogP contribution in [0.3, 0.4) is 0 Å². The molecule has 3 N–H and O–H groups in total. The average Bonchev–Trinajstić information content (AvgIpc) is 2.27. The van der Waals surface area contributed by atoms with E-state index in [-0.39, 0.29) is 12.5 Å². The zero-order valence-electron chi connectivity index (χ0n) is 7.90. The standard InChI is InChI=1S/C10H12Cl2O3/c11-4-9(14)10(15)6-1-2-8(12)7(3-6)5-13/h1-3,9-10,13-15H,4-5H2. The molecule has 0 saturated carbocycles. The van der Waals surface area contributed by atoms with Crippen molar-refractivity contribution >= 4 is 23.2 Å². The maximum atomic E-state index is 9.64. The molecule has 0 radical (unpaired) electrons.